The third-order valence-corrected chi connectivity index (χ3v) is 4.08. The minimum Gasteiger partial charge on any atom is -0.486 e. The molecule has 2 amide bonds. The van der Waals surface area contributed by atoms with Gasteiger partial charge in [0.2, 0.25) is 11.8 Å². The molecule has 0 radical (unpaired) electrons. The smallest absolute Gasteiger partial charge is 0.240 e. The summed E-state index contributed by atoms with van der Waals surface area (Å²) >= 11 is 0. The van der Waals surface area contributed by atoms with Gasteiger partial charge in [-0.2, -0.15) is 5.10 Å². The van der Waals surface area contributed by atoms with Gasteiger partial charge in [0.1, 0.15) is 6.61 Å². The molecule has 0 saturated heterocycles. The molecule has 2 heterocycles. The van der Waals surface area contributed by atoms with Gasteiger partial charge in [-0.05, 0) is 25.0 Å². The molecule has 1 atom stereocenters. The van der Waals surface area contributed by atoms with Crippen LogP contribution in [-0.4, -0.2) is 48.7 Å². The lowest BCUT2D eigenvalue weighted by Gasteiger charge is -2.29. The number of hydrogen-bond acceptors (Lipinski definition) is 5. The van der Waals surface area contributed by atoms with E-state index in [2.05, 4.69) is 10.5 Å². The zero-order valence-electron chi connectivity index (χ0n) is 13.7. The predicted octanol–water partition coefficient (Wildman–Crippen LogP) is 1.33. The van der Waals surface area contributed by atoms with Gasteiger partial charge in [0, 0.05) is 25.6 Å². The predicted molar refractivity (Wildman–Crippen MR) is 88.0 cm³/mol. The highest BCUT2D eigenvalue weighted by Gasteiger charge is 2.24. The first-order chi connectivity index (χ1) is 11.6. The second kappa shape index (κ2) is 7.33. The first-order valence-corrected chi connectivity index (χ1v) is 8.08. The van der Waals surface area contributed by atoms with E-state index >= 15 is 0 Å². The lowest BCUT2D eigenvalue weighted by Crippen LogP contribution is -2.41. The maximum atomic E-state index is 12.3. The number of fused-ring (bicyclic) bond motifs is 1. The van der Waals surface area contributed by atoms with Gasteiger partial charge < -0.3 is 14.4 Å². The quantitative estimate of drug-likeness (QED) is 0.883. The average molecular weight is 331 g/mol. The Hall–Kier alpha value is -2.57. The fraction of sp³-hybridized carbons (Fsp3) is 0.471. The number of hydrazone groups is 1. The Labute approximate surface area is 140 Å². The average Bonchev–Trinajstić information content (AvgIpc) is 2.61. The van der Waals surface area contributed by atoms with Crippen molar-refractivity contribution in [2.45, 2.75) is 31.8 Å². The zero-order valence-corrected chi connectivity index (χ0v) is 13.7. The van der Waals surface area contributed by atoms with E-state index in [1.807, 2.05) is 24.3 Å². The van der Waals surface area contributed by atoms with Crippen LogP contribution in [0.15, 0.2) is 29.4 Å². The molecule has 128 valence electrons. The van der Waals surface area contributed by atoms with Crippen molar-refractivity contribution in [3.05, 3.63) is 24.3 Å². The summed E-state index contributed by atoms with van der Waals surface area (Å²) < 4.78 is 11.5. The summed E-state index contributed by atoms with van der Waals surface area (Å²) in [4.78, 5) is 25.0. The van der Waals surface area contributed by atoms with Crippen molar-refractivity contribution in [3.63, 3.8) is 0 Å². The Bertz CT molecular complexity index is 659. The van der Waals surface area contributed by atoms with E-state index in [-0.39, 0.29) is 17.9 Å². The van der Waals surface area contributed by atoms with Gasteiger partial charge in [-0.3, -0.25) is 9.59 Å². The minimum absolute atomic E-state index is 0.0251. The molecule has 7 nitrogen and oxygen atoms in total. The van der Waals surface area contributed by atoms with E-state index in [9.17, 15) is 9.59 Å². The number of nitrogens with one attached hydrogen (secondary N) is 1. The highest BCUT2D eigenvalue weighted by atomic mass is 16.6. The van der Waals surface area contributed by atoms with E-state index < -0.39 is 0 Å². The summed E-state index contributed by atoms with van der Waals surface area (Å²) in [6, 6.07) is 7.51. The van der Waals surface area contributed by atoms with Crippen LogP contribution < -0.4 is 14.9 Å². The molecule has 1 aromatic carbocycles. The maximum Gasteiger partial charge on any atom is 0.240 e. The zero-order chi connectivity index (χ0) is 16.9. The van der Waals surface area contributed by atoms with Crippen LogP contribution >= 0.6 is 0 Å². The van der Waals surface area contributed by atoms with Crippen molar-refractivity contribution in [1.29, 1.82) is 0 Å². The molecule has 7 heteroatoms. The van der Waals surface area contributed by atoms with Gasteiger partial charge in [-0.25, -0.2) is 5.43 Å². The lowest BCUT2D eigenvalue weighted by molar-refractivity contribution is -0.131. The van der Waals surface area contributed by atoms with E-state index in [0.29, 0.717) is 44.6 Å². The van der Waals surface area contributed by atoms with Gasteiger partial charge >= 0.3 is 0 Å². The van der Waals surface area contributed by atoms with Crippen molar-refractivity contribution in [3.8, 4) is 11.5 Å². The third-order valence-electron chi connectivity index (χ3n) is 4.08. The van der Waals surface area contributed by atoms with E-state index in [0.717, 1.165) is 11.5 Å². The summed E-state index contributed by atoms with van der Waals surface area (Å²) in [5.74, 6) is 1.40. The molecule has 2 aliphatic rings. The molecule has 0 fully saturated rings. The Morgan fingerprint density at radius 1 is 1.33 bits per heavy atom. The molecular formula is C17H21N3O4. The van der Waals surface area contributed by atoms with Crippen LogP contribution in [0.1, 0.15) is 25.7 Å². The van der Waals surface area contributed by atoms with Crippen molar-refractivity contribution in [1.82, 2.24) is 10.3 Å². The number of carbonyl (C=O) groups is 2. The SMILES string of the molecule is CN(CC1COc2ccccc2O1)C(=O)CCC1=NNC(=O)CC1. The molecular weight excluding hydrogens is 310 g/mol. The number of rotatable bonds is 5. The monoisotopic (exact) mass is 331 g/mol. The molecule has 1 aromatic rings. The molecule has 0 spiro atoms. The molecule has 2 aliphatic heterocycles. The Morgan fingerprint density at radius 2 is 2.12 bits per heavy atom. The molecule has 3 rings (SSSR count). The van der Waals surface area contributed by atoms with Crippen molar-refractivity contribution in [2.24, 2.45) is 5.10 Å². The van der Waals surface area contributed by atoms with Gasteiger partial charge in [0.05, 0.1) is 6.54 Å². The second-order valence-corrected chi connectivity index (χ2v) is 5.98. The van der Waals surface area contributed by atoms with Crippen LogP contribution in [0.2, 0.25) is 0 Å². The number of hydrogen-bond donors (Lipinski definition) is 1. The highest BCUT2D eigenvalue weighted by Crippen LogP contribution is 2.30. The molecule has 0 saturated carbocycles. The fourth-order valence-corrected chi connectivity index (χ4v) is 2.69. The van der Waals surface area contributed by atoms with Crippen molar-refractivity contribution >= 4 is 17.5 Å². The standard InChI is InChI=1S/C17H21N3O4/c1-20(17(22)9-7-12-6-8-16(21)19-18-12)10-13-11-23-14-4-2-3-5-15(14)24-13/h2-5,13H,6-11H2,1H3,(H,19,21). The van der Waals surface area contributed by atoms with Crippen LogP contribution in [-0.2, 0) is 9.59 Å². The number of benzene rings is 1. The first kappa shape index (κ1) is 16.3. The molecule has 0 aliphatic carbocycles. The Balaban J connectivity index is 1.46. The van der Waals surface area contributed by atoms with Gasteiger partial charge in [0.15, 0.2) is 17.6 Å². The van der Waals surface area contributed by atoms with Gasteiger partial charge in [-0.15, -0.1) is 0 Å². The second-order valence-electron chi connectivity index (χ2n) is 5.98. The number of amides is 2. The normalized spacial score (nSPS) is 19.3. The Kier molecular flexibility index (Phi) is 4.98. The fourth-order valence-electron chi connectivity index (χ4n) is 2.69. The van der Waals surface area contributed by atoms with Gasteiger partial charge in [0.25, 0.3) is 0 Å². The van der Waals surface area contributed by atoms with Crippen LogP contribution in [0.25, 0.3) is 0 Å². The number of para-hydroxylation sites is 2. The summed E-state index contributed by atoms with van der Waals surface area (Å²) in [5.41, 5.74) is 3.31. The number of nitrogens with zero attached hydrogens (tertiary/aromatic N) is 2. The van der Waals surface area contributed by atoms with Crippen LogP contribution in [0.5, 0.6) is 11.5 Å². The summed E-state index contributed by atoms with van der Waals surface area (Å²) in [7, 11) is 1.76. The third kappa shape index (κ3) is 4.04. The van der Waals surface area contributed by atoms with Crippen LogP contribution in [0.3, 0.4) is 0 Å². The number of carbonyl (C=O) groups excluding carboxylic acids is 2. The van der Waals surface area contributed by atoms with Crippen molar-refractivity contribution in [2.75, 3.05) is 20.2 Å². The van der Waals surface area contributed by atoms with E-state index in [1.165, 1.54) is 0 Å². The van der Waals surface area contributed by atoms with Gasteiger partial charge in [-0.1, -0.05) is 12.1 Å². The van der Waals surface area contributed by atoms with Crippen LogP contribution in [0.4, 0.5) is 0 Å². The highest BCUT2D eigenvalue weighted by molar-refractivity contribution is 5.94. The minimum atomic E-state index is -0.180. The topological polar surface area (TPSA) is 80.2 Å². The largest absolute Gasteiger partial charge is 0.486 e. The van der Waals surface area contributed by atoms with Crippen LogP contribution in [0, 0.1) is 0 Å². The number of likely N-dealkylation sites (N-methyl/N-ethyl adjacent to an activating group) is 1. The summed E-state index contributed by atoms with van der Waals surface area (Å²) in [5, 5.41) is 3.98. The summed E-state index contributed by atoms with van der Waals surface area (Å²) in [6.07, 6.45) is 1.82. The molecule has 1 N–H and O–H groups in total. The number of ether oxygens (including phenoxy) is 2. The molecule has 24 heavy (non-hydrogen) atoms. The Morgan fingerprint density at radius 3 is 2.88 bits per heavy atom. The van der Waals surface area contributed by atoms with E-state index in [4.69, 9.17) is 9.47 Å². The first-order valence-electron chi connectivity index (χ1n) is 8.08. The lowest BCUT2D eigenvalue weighted by atomic mass is 10.1. The molecule has 0 aromatic heterocycles. The maximum absolute atomic E-state index is 12.3. The van der Waals surface area contributed by atoms with E-state index in [1.54, 1.807) is 11.9 Å². The summed E-state index contributed by atoms with van der Waals surface area (Å²) in [6.45, 7) is 0.893. The molecule has 1 unspecified atom stereocenters. The van der Waals surface area contributed by atoms with Crippen molar-refractivity contribution < 1.29 is 19.1 Å². The molecule has 0 bridgehead atoms.